The van der Waals surface area contributed by atoms with Crippen LogP contribution in [0.25, 0.3) is 11.3 Å². The van der Waals surface area contributed by atoms with Gasteiger partial charge >= 0.3 is 0 Å². The molecule has 0 bridgehead atoms. The number of primary sulfonamides is 1. The highest BCUT2D eigenvalue weighted by Gasteiger charge is 2.10. The molecule has 0 aliphatic heterocycles. The number of rotatable bonds is 5. The first-order chi connectivity index (χ1) is 11.8. The molecule has 0 unspecified atom stereocenters. The van der Waals surface area contributed by atoms with Gasteiger partial charge in [-0.3, -0.25) is 10.1 Å². The first-order valence-electron chi connectivity index (χ1n) is 6.93. The molecule has 3 rings (SSSR count). The summed E-state index contributed by atoms with van der Waals surface area (Å²) in [5.41, 5.74) is 2.13. The number of nitro benzene ring substituents is 1. The fourth-order valence-electron chi connectivity index (χ4n) is 2.07. The fraction of sp³-hybridized carbons (Fsp3) is 0. The van der Waals surface area contributed by atoms with Gasteiger partial charge in [0.2, 0.25) is 10.0 Å². The Hall–Kier alpha value is -2.82. The Labute approximate surface area is 147 Å². The number of non-ortho nitro benzene ring substituents is 1. The van der Waals surface area contributed by atoms with E-state index in [2.05, 4.69) is 10.3 Å². The topological polar surface area (TPSA) is 128 Å². The van der Waals surface area contributed by atoms with E-state index < -0.39 is 14.9 Å². The highest BCUT2D eigenvalue weighted by molar-refractivity contribution is 7.89. The number of aromatic nitrogens is 1. The van der Waals surface area contributed by atoms with Crippen molar-refractivity contribution in [1.82, 2.24) is 4.98 Å². The van der Waals surface area contributed by atoms with Crippen molar-refractivity contribution >= 4 is 37.9 Å². The summed E-state index contributed by atoms with van der Waals surface area (Å²) in [5, 5.41) is 21.2. The van der Waals surface area contributed by atoms with E-state index in [0.29, 0.717) is 16.5 Å². The van der Waals surface area contributed by atoms with Crippen molar-refractivity contribution in [2.45, 2.75) is 4.90 Å². The predicted molar refractivity (Wildman–Crippen MR) is 95.3 cm³/mol. The predicted octanol–water partition coefficient (Wildman–Crippen LogP) is 3.11. The van der Waals surface area contributed by atoms with E-state index in [9.17, 15) is 18.5 Å². The molecule has 0 atom stereocenters. The molecule has 3 aromatic rings. The standard InChI is InChI=1S/C15H12N4O4S2/c16-25(22,23)13-7-3-11(4-8-13)17-15-18-14(9-24-15)10-1-5-12(6-2-10)19(20)21/h1-9H,(H,17,18)(H2,16,22,23). The van der Waals surface area contributed by atoms with Gasteiger partial charge in [-0.1, -0.05) is 0 Å². The van der Waals surface area contributed by atoms with E-state index in [0.717, 1.165) is 5.56 Å². The van der Waals surface area contributed by atoms with Crippen LogP contribution in [0.15, 0.2) is 58.8 Å². The van der Waals surface area contributed by atoms with E-state index >= 15 is 0 Å². The summed E-state index contributed by atoms with van der Waals surface area (Å²) >= 11 is 1.36. The molecule has 3 N–H and O–H groups in total. The Kier molecular flexibility index (Phi) is 4.49. The second-order valence-electron chi connectivity index (χ2n) is 5.04. The Bertz CT molecular complexity index is 1010. The van der Waals surface area contributed by atoms with E-state index in [1.165, 1.54) is 35.6 Å². The lowest BCUT2D eigenvalue weighted by Crippen LogP contribution is -2.11. The molecule has 128 valence electrons. The molecule has 0 radical (unpaired) electrons. The van der Waals surface area contributed by atoms with Crippen molar-refractivity contribution in [2.24, 2.45) is 5.14 Å². The lowest BCUT2D eigenvalue weighted by Gasteiger charge is -2.03. The van der Waals surface area contributed by atoms with E-state index in [-0.39, 0.29) is 10.6 Å². The number of thiazole rings is 1. The maximum atomic E-state index is 11.2. The number of sulfonamides is 1. The van der Waals surface area contributed by atoms with Gasteiger partial charge in [0.05, 0.1) is 15.5 Å². The lowest BCUT2D eigenvalue weighted by molar-refractivity contribution is -0.384. The summed E-state index contributed by atoms with van der Waals surface area (Å²) in [7, 11) is -3.72. The number of anilines is 2. The van der Waals surface area contributed by atoms with Crippen LogP contribution in [0.5, 0.6) is 0 Å². The Morgan fingerprint density at radius 3 is 2.28 bits per heavy atom. The minimum Gasteiger partial charge on any atom is -0.332 e. The molecule has 10 heteroatoms. The van der Waals surface area contributed by atoms with Crippen LogP contribution in [0.1, 0.15) is 0 Å². The zero-order chi connectivity index (χ0) is 18.0. The van der Waals surface area contributed by atoms with Gasteiger partial charge in [0, 0.05) is 28.8 Å². The van der Waals surface area contributed by atoms with Crippen molar-refractivity contribution in [3.63, 3.8) is 0 Å². The normalized spacial score (nSPS) is 11.2. The zero-order valence-corrected chi connectivity index (χ0v) is 14.3. The number of hydrogen-bond acceptors (Lipinski definition) is 7. The first kappa shape index (κ1) is 17.0. The molecule has 0 aliphatic rings. The molecule has 8 nitrogen and oxygen atoms in total. The molecule has 0 fully saturated rings. The molecule has 0 aliphatic carbocycles. The molecule has 1 heterocycles. The first-order valence-corrected chi connectivity index (χ1v) is 9.36. The van der Waals surface area contributed by atoms with Crippen LogP contribution in [0, 0.1) is 10.1 Å². The average molecular weight is 376 g/mol. The molecule has 25 heavy (non-hydrogen) atoms. The number of nitrogens with zero attached hydrogens (tertiary/aromatic N) is 2. The number of benzene rings is 2. The average Bonchev–Trinajstić information content (AvgIpc) is 3.03. The van der Waals surface area contributed by atoms with Gasteiger partial charge in [-0.25, -0.2) is 18.5 Å². The van der Waals surface area contributed by atoms with Crippen LogP contribution >= 0.6 is 11.3 Å². The van der Waals surface area contributed by atoms with Crippen molar-refractivity contribution in [2.75, 3.05) is 5.32 Å². The van der Waals surface area contributed by atoms with Crippen molar-refractivity contribution in [3.8, 4) is 11.3 Å². The summed E-state index contributed by atoms with van der Waals surface area (Å²) in [6.45, 7) is 0. The summed E-state index contributed by atoms with van der Waals surface area (Å²) in [6.07, 6.45) is 0. The fourth-order valence-corrected chi connectivity index (χ4v) is 3.32. The van der Waals surface area contributed by atoms with Gasteiger partial charge in [0.15, 0.2) is 5.13 Å². The Morgan fingerprint density at radius 2 is 1.72 bits per heavy atom. The number of nitro groups is 1. The van der Waals surface area contributed by atoms with Gasteiger partial charge in [0.1, 0.15) is 0 Å². The van der Waals surface area contributed by atoms with Crippen molar-refractivity contribution in [1.29, 1.82) is 0 Å². The largest absolute Gasteiger partial charge is 0.332 e. The monoisotopic (exact) mass is 376 g/mol. The molecule has 0 spiro atoms. The van der Waals surface area contributed by atoms with Gasteiger partial charge in [-0.2, -0.15) is 0 Å². The van der Waals surface area contributed by atoms with E-state index in [1.807, 2.05) is 5.38 Å². The zero-order valence-electron chi connectivity index (χ0n) is 12.6. The van der Waals surface area contributed by atoms with E-state index in [4.69, 9.17) is 5.14 Å². The highest BCUT2D eigenvalue weighted by atomic mass is 32.2. The SMILES string of the molecule is NS(=O)(=O)c1ccc(Nc2nc(-c3ccc([N+](=O)[O-])cc3)cs2)cc1. The van der Waals surface area contributed by atoms with Crippen LogP contribution in [0.2, 0.25) is 0 Å². The summed E-state index contributed by atoms with van der Waals surface area (Å²) in [6, 6.07) is 12.1. The van der Waals surface area contributed by atoms with Crippen LogP contribution in [-0.4, -0.2) is 18.3 Å². The lowest BCUT2D eigenvalue weighted by atomic mass is 10.1. The second-order valence-corrected chi connectivity index (χ2v) is 7.46. The number of hydrogen-bond donors (Lipinski definition) is 2. The minimum absolute atomic E-state index is 0.0206. The van der Waals surface area contributed by atoms with Crippen LogP contribution in [0.4, 0.5) is 16.5 Å². The van der Waals surface area contributed by atoms with E-state index in [1.54, 1.807) is 24.3 Å². The van der Waals surface area contributed by atoms with Crippen LogP contribution in [0.3, 0.4) is 0 Å². The second kappa shape index (κ2) is 6.59. The third-order valence-corrected chi connectivity index (χ3v) is 5.00. The van der Waals surface area contributed by atoms with Gasteiger partial charge in [-0.15, -0.1) is 11.3 Å². The summed E-state index contributed by atoms with van der Waals surface area (Å²) in [5.74, 6) is 0. The molecular weight excluding hydrogens is 364 g/mol. The van der Waals surface area contributed by atoms with Crippen LogP contribution < -0.4 is 10.5 Å². The van der Waals surface area contributed by atoms with Crippen molar-refractivity contribution in [3.05, 3.63) is 64.0 Å². The molecule has 0 saturated carbocycles. The molecule has 1 aromatic heterocycles. The molecule has 2 aromatic carbocycles. The quantitative estimate of drug-likeness (QED) is 0.520. The number of nitrogens with two attached hydrogens (primary N) is 1. The Balaban J connectivity index is 1.76. The maximum absolute atomic E-state index is 11.2. The molecule has 0 saturated heterocycles. The summed E-state index contributed by atoms with van der Waals surface area (Å²) < 4.78 is 22.5. The number of nitrogens with one attached hydrogen (secondary N) is 1. The maximum Gasteiger partial charge on any atom is 0.269 e. The smallest absolute Gasteiger partial charge is 0.269 e. The highest BCUT2D eigenvalue weighted by Crippen LogP contribution is 2.28. The van der Waals surface area contributed by atoms with Gasteiger partial charge in [-0.05, 0) is 36.4 Å². The Morgan fingerprint density at radius 1 is 1.08 bits per heavy atom. The minimum atomic E-state index is -3.72. The van der Waals surface area contributed by atoms with Gasteiger partial charge < -0.3 is 5.32 Å². The summed E-state index contributed by atoms with van der Waals surface area (Å²) in [4.78, 5) is 14.7. The third kappa shape index (κ3) is 3.99. The molecule has 0 amide bonds. The molecular formula is C15H12N4O4S2. The third-order valence-electron chi connectivity index (χ3n) is 3.31. The van der Waals surface area contributed by atoms with Crippen molar-refractivity contribution < 1.29 is 13.3 Å². The van der Waals surface area contributed by atoms with Crippen LogP contribution in [-0.2, 0) is 10.0 Å². The van der Waals surface area contributed by atoms with Gasteiger partial charge in [0.25, 0.3) is 5.69 Å².